The van der Waals surface area contributed by atoms with Gasteiger partial charge in [-0.1, -0.05) is 0 Å². The number of hydrogen-bond acceptors (Lipinski definition) is 5. The molecule has 0 aliphatic carbocycles. The lowest BCUT2D eigenvalue weighted by Gasteiger charge is -2.09. The molecule has 0 amide bonds. The second kappa shape index (κ2) is 5.16. The highest BCUT2D eigenvalue weighted by Crippen LogP contribution is 2.24. The third-order valence-electron chi connectivity index (χ3n) is 2.02. The fourth-order valence-corrected chi connectivity index (χ4v) is 1.27. The van der Waals surface area contributed by atoms with E-state index >= 15 is 0 Å². The number of aldehydes is 1. The molecule has 5 heteroatoms. The van der Waals surface area contributed by atoms with Crippen molar-refractivity contribution in [2.45, 2.75) is 6.92 Å². The number of hydrogen-bond donors (Lipinski definition) is 1. The highest BCUT2D eigenvalue weighted by atomic mass is 16.5. The normalized spacial score (nSPS) is 9.62. The van der Waals surface area contributed by atoms with Crippen molar-refractivity contribution in [3.63, 3.8) is 0 Å². The molecule has 0 aromatic heterocycles. The maximum Gasteiger partial charge on any atom is 0.340 e. The lowest BCUT2D eigenvalue weighted by molar-refractivity contribution is 0.0527. The summed E-state index contributed by atoms with van der Waals surface area (Å²) in [4.78, 5) is 22.2. The Hall–Kier alpha value is -2.04. The Kier molecular flexibility index (Phi) is 3.88. The fourth-order valence-electron chi connectivity index (χ4n) is 1.27. The lowest BCUT2D eigenvalue weighted by atomic mass is 10.1. The first kappa shape index (κ1) is 12.0. The second-order valence-electron chi connectivity index (χ2n) is 3.02. The molecule has 0 bridgehead atoms. The van der Waals surface area contributed by atoms with Crippen LogP contribution in [0.4, 0.5) is 5.69 Å². The van der Waals surface area contributed by atoms with Crippen molar-refractivity contribution in [1.29, 1.82) is 0 Å². The zero-order chi connectivity index (χ0) is 12.1. The number of nitrogen functional groups attached to an aromatic ring is 1. The van der Waals surface area contributed by atoms with E-state index < -0.39 is 5.97 Å². The first-order chi connectivity index (χ1) is 7.63. The van der Waals surface area contributed by atoms with Crippen molar-refractivity contribution in [3.8, 4) is 5.75 Å². The van der Waals surface area contributed by atoms with Crippen LogP contribution >= 0.6 is 0 Å². The summed E-state index contributed by atoms with van der Waals surface area (Å²) in [6, 6.07) is 2.79. The Labute approximate surface area is 93.1 Å². The van der Waals surface area contributed by atoms with Crippen LogP contribution in [0.5, 0.6) is 5.75 Å². The Balaban J connectivity index is 3.20. The first-order valence-corrected chi connectivity index (χ1v) is 4.73. The number of nitrogens with two attached hydrogens (primary N) is 1. The second-order valence-corrected chi connectivity index (χ2v) is 3.02. The molecule has 0 aliphatic heterocycles. The van der Waals surface area contributed by atoms with E-state index in [1.807, 2.05) is 0 Å². The summed E-state index contributed by atoms with van der Waals surface area (Å²) in [5.41, 5.74) is 6.33. The summed E-state index contributed by atoms with van der Waals surface area (Å²) in [6.45, 7) is 1.96. The van der Waals surface area contributed by atoms with E-state index in [1.165, 1.54) is 19.2 Å². The Bertz CT molecular complexity index is 415. The van der Waals surface area contributed by atoms with Gasteiger partial charge in [-0.3, -0.25) is 4.79 Å². The summed E-state index contributed by atoms with van der Waals surface area (Å²) in [5.74, 6) is -0.233. The SMILES string of the molecule is CCOC(=O)c1cc(OC)c(C=O)cc1N. The molecular formula is C11H13NO4. The standard InChI is InChI=1S/C11H13NO4/c1-3-16-11(14)8-5-10(15-2)7(6-13)4-9(8)12/h4-6H,3,12H2,1-2H3. The largest absolute Gasteiger partial charge is 0.496 e. The van der Waals surface area contributed by atoms with E-state index in [0.717, 1.165) is 0 Å². The molecule has 0 fully saturated rings. The molecule has 0 aliphatic rings. The summed E-state index contributed by atoms with van der Waals surface area (Å²) in [7, 11) is 1.41. The minimum atomic E-state index is -0.532. The zero-order valence-corrected chi connectivity index (χ0v) is 9.15. The number of benzene rings is 1. The predicted molar refractivity (Wildman–Crippen MR) is 58.8 cm³/mol. The third-order valence-corrected chi connectivity index (χ3v) is 2.02. The summed E-state index contributed by atoms with van der Waals surface area (Å²) in [5, 5.41) is 0. The highest BCUT2D eigenvalue weighted by molar-refractivity contribution is 5.97. The van der Waals surface area contributed by atoms with Crippen molar-refractivity contribution in [2.24, 2.45) is 0 Å². The average molecular weight is 223 g/mol. The lowest BCUT2D eigenvalue weighted by Crippen LogP contribution is -2.09. The average Bonchev–Trinajstić information content (AvgIpc) is 2.28. The minimum Gasteiger partial charge on any atom is -0.496 e. The topological polar surface area (TPSA) is 78.6 Å². The number of esters is 1. The van der Waals surface area contributed by atoms with Crippen molar-refractivity contribution in [2.75, 3.05) is 19.5 Å². The highest BCUT2D eigenvalue weighted by Gasteiger charge is 2.15. The molecule has 1 aromatic rings. The molecule has 0 saturated heterocycles. The molecule has 0 radical (unpaired) electrons. The van der Waals surface area contributed by atoms with Crippen LogP contribution in [0.1, 0.15) is 27.6 Å². The van der Waals surface area contributed by atoms with Crippen molar-refractivity contribution >= 4 is 17.9 Å². The molecule has 5 nitrogen and oxygen atoms in total. The summed E-state index contributed by atoms with van der Waals surface area (Å²) in [6.07, 6.45) is 0.615. The van der Waals surface area contributed by atoms with E-state index in [4.69, 9.17) is 15.2 Å². The number of carbonyl (C=O) groups is 2. The van der Waals surface area contributed by atoms with E-state index in [1.54, 1.807) is 6.92 Å². The van der Waals surface area contributed by atoms with E-state index in [2.05, 4.69) is 0 Å². The molecule has 1 aromatic carbocycles. The van der Waals surface area contributed by atoms with Crippen LogP contribution in [0, 0.1) is 0 Å². The maximum absolute atomic E-state index is 11.5. The van der Waals surface area contributed by atoms with Crippen LogP contribution in [0.15, 0.2) is 12.1 Å². The molecular weight excluding hydrogens is 210 g/mol. The minimum absolute atomic E-state index is 0.196. The number of anilines is 1. The van der Waals surface area contributed by atoms with Gasteiger partial charge in [0.25, 0.3) is 0 Å². The number of ether oxygens (including phenoxy) is 2. The molecule has 1 rings (SSSR count). The molecule has 0 unspecified atom stereocenters. The van der Waals surface area contributed by atoms with Gasteiger partial charge in [0.05, 0.1) is 24.8 Å². The molecule has 0 saturated carbocycles. The van der Waals surface area contributed by atoms with Crippen molar-refractivity contribution in [1.82, 2.24) is 0 Å². The number of rotatable bonds is 4. The van der Waals surface area contributed by atoms with E-state index in [9.17, 15) is 9.59 Å². The summed E-state index contributed by atoms with van der Waals surface area (Å²) < 4.78 is 9.78. The van der Waals surface area contributed by atoms with Gasteiger partial charge >= 0.3 is 5.97 Å². The molecule has 16 heavy (non-hydrogen) atoms. The smallest absolute Gasteiger partial charge is 0.340 e. The van der Waals surface area contributed by atoms with E-state index in [-0.39, 0.29) is 17.9 Å². The number of methoxy groups -OCH3 is 1. The van der Waals surface area contributed by atoms with Crippen LogP contribution < -0.4 is 10.5 Å². The molecule has 0 spiro atoms. The van der Waals surface area contributed by atoms with E-state index in [0.29, 0.717) is 17.6 Å². The predicted octanol–water partition coefficient (Wildman–Crippen LogP) is 1.27. The molecule has 0 heterocycles. The Morgan fingerprint density at radius 3 is 2.69 bits per heavy atom. The fraction of sp³-hybridized carbons (Fsp3) is 0.273. The van der Waals surface area contributed by atoms with Gasteiger partial charge in [0.2, 0.25) is 0 Å². The molecule has 2 N–H and O–H groups in total. The zero-order valence-electron chi connectivity index (χ0n) is 9.15. The van der Waals surface area contributed by atoms with Crippen LogP contribution in [0.25, 0.3) is 0 Å². The van der Waals surface area contributed by atoms with Gasteiger partial charge in [-0.05, 0) is 19.1 Å². The molecule has 0 atom stereocenters. The van der Waals surface area contributed by atoms with Gasteiger partial charge in [0, 0.05) is 5.69 Å². The van der Waals surface area contributed by atoms with Gasteiger partial charge in [-0.2, -0.15) is 0 Å². The van der Waals surface area contributed by atoms with Gasteiger partial charge in [0.15, 0.2) is 6.29 Å². The third kappa shape index (κ3) is 2.31. The maximum atomic E-state index is 11.5. The van der Waals surface area contributed by atoms with Crippen LogP contribution in [-0.4, -0.2) is 26.0 Å². The molecule has 86 valence electrons. The van der Waals surface area contributed by atoms with Crippen LogP contribution in [-0.2, 0) is 4.74 Å². The Morgan fingerprint density at radius 1 is 1.50 bits per heavy atom. The van der Waals surface area contributed by atoms with Gasteiger partial charge in [-0.25, -0.2) is 4.79 Å². The van der Waals surface area contributed by atoms with Crippen molar-refractivity contribution < 1.29 is 19.1 Å². The van der Waals surface area contributed by atoms with Crippen LogP contribution in [0.2, 0.25) is 0 Å². The van der Waals surface area contributed by atoms with Gasteiger partial charge in [-0.15, -0.1) is 0 Å². The first-order valence-electron chi connectivity index (χ1n) is 4.73. The Morgan fingerprint density at radius 2 is 2.19 bits per heavy atom. The van der Waals surface area contributed by atoms with Gasteiger partial charge in [0.1, 0.15) is 5.75 Å². The quantitative estimate of drug-likeness (QED) is 0.472. The van der Waals surface area contributed by atoms with Crippen molar-refractivity contribution in [3.05, 3.63) is 23.3 Å². The van der Waals surface area contributed by atoms with Crippen LogP contribution in [0.3, 0.4) is 0 Å². The van der Waals surface area contributed by atoms with Gasteiger partial charge < -0.3 is 15.2 Å². The monoisotopic (exact) mass is 223 g/mol. The number of carbonyl (C=O) groups excluding carboxylic acids is 2. The summed E-state index contributed by atoms with van der Waals surface area (Å²) >= 11 is 0.